The Hall–Kier alpha value is -2.12. The number of fused-ring (bicyclic) bond motifs is 1. The van der Waals surface area contributed by atoms with Crippen LogP contribution in [0, 0.1) is 11.8 Å². The van der Waals surface area contributed by atoms with Gasteiger partial charge in [0.25, 0.3) is 5.91 Å². The monoisotopic (exact) mass is 416 g/mol. The Labute approximate surface area is 174 Å². The van der Waals surface area contributed by atoms with Crippen LogP contribution in [-0.2, 0) is 4.79 Å². The van der Waals surface area contributed by atoms with Crippen LogP contribution in [-0.4, -0.2) is 56.7 Å². The van der Waals surface area contributed by atoms with Crippen LogP contribution in [0.2, 0.25) is 5.02 Å². The largest absolute Gasteiger partial charge is 0.482 e. The number of aromatic nitrogens is 3. The van der Waals surface area contributed by atoms with Crippen LogP contribution in [0.3, 0.4) is 0 Å². The topological polar surface area (TPSA) is 80.5 Å². The molecule has 1 aromatic heterocycles. The number of aliphatic hydroxyl groups excluding tert-OH is 1. The molecule has 0 bridgehead atoms. The van der Waals surface area contributed by atoms with Crippen molar-refractivity contribution in [2.75, 3.05) is 19.7 Å². The molecule has 154 valence electrons. The van der Waals surface area contributed by atoms with Crippen molar-refractivity contribution in [3.8, 4) is 5.75 Å². The van der Waals surface area contributed by atoms with E-state index < -0.39 is 6.10 Å². The van der Waals surface area contributed by atoms with E-state index in [1.54, 1.807) is 12.1 Å². The molecule has 4 atom stereocenters. The van der Waals surface area contributed by atoms with Crippen LogP contribution in [0.25, 0.3) is 0 Å². The maximum Gasteiger partial charge on any atom is 0.260 e. The SMILES string of the molecule is O=C(COc1ccccc1Cl)N1C[C@H]2C[C@@H](n3cc(C4CC4)nn3)[C@H](O)C[C@H]2C1. The average Bonchev–Trinajstić information content (AvgIpc) is 3.30. The molecule has 5 rings (SSSR count). The van der Waals surface area contributed by atoms with Crippen molar-refractivity contribution < 1.29 is 14.6 Å². The van der Waals surface area contributed by atoms with E-state index in [1.165, 1.54) is 12.8 Å². The molecule has 29 heavy (non-hydrogen) atoms. The highest BCUT2D eigenvalue weighted by molar-refractivity contribution is 6.32. The van der Waals surface area contributed by atoms with Crippen molar-refractivity contribution in [1.82, 2.24) is 19.9 Å². The molecule has 1 amide bonds. The molecule has 3 fully saturated rings. The molecule has 2 aliphatic carbocycles. The van der Waals surface area contributed by atoms with Crippen molar-refractivity contribution >= 4 is 17.5 Å². The van der Waals surface area contributed by atoms with Gasteiger partial charge in [0.15, 0.2) is 6.61 Å². The van der Waals surface area contributed by atoms with E-state index >= 15 is 0 Å². The molecule has 1 aliphatic heterocycles. The van der Waals surface area contributed by atoms with Gasteiger partial charge in [0.05, 0.1) is 22.9 Å². The first kappa shape index (κ1) is 18.9. The van der Waals surface area contributed by atoms with E-state index in [0.29, 0.717) is 48.0 Å². The van der Waals surface area contributed by atoms with Crippen LogP contribution in [0.15, 0.2) is 30.5 Å². The van der Waals surface area contributed by atoms with Crippen LogP contribution in [0.5, 0.6) is 5.75 Å². The van der Waals surface area contributed by atoms with Crippen LogP contribution in [0.1, 0.15) is 43.3 Å². The fourth-order valence-corrected chi connectivity index (χ4v) is 4.90. The van der Waals surface area contributed by atoms with Gasteiger partial charge in [-0.3, -0.25) is 4.79 Å². The summed E-state index contributed by atoms with van der Waals surface area (Å²) in [7, 11) is 0. The lowest BCUT2D eigenvalue weighted by molar-refractivity contribution is -0.132. The summed E-state index contributed by atoms with van der Waals surface area (Å²) in [5.41, 5.74) is 1.04. The average molecular weight is 417 g/mol. The molecule has 0 spiro atoms. The number of hydrogen-bond donors (Lipinski definition) is 1. The Kier molecular flexibility index (Phi) is 4.95. The van der Waals surface area contributed by atoms with Gasteiger partial charge in [-0.1, -0.05) is 28.9 Å². The molecular formula is C21H25ClN4O3. The number of carbonyl (C=O) groups is 1. The summed E-state index contributed by atoms with van der Waals surface area (Å²) in [5, 5.41) is 19.8. The van der Waals surface area contributed by atoms with Crippen molar-refractivity contribution in [1.29, 1.82) is 0 Å². The van der Waals surface area contributed by atoms with Crippen molar-refractivity contribution in [2.45, 2.75) is 43.7 Å². The van der Waals surface area contributed by atoms with E-state index in [2.05, 4.69) is 10.3 Å². The number of aliphatic hydroxyl groups is 1. The van der Waals surface area contributed by atoms with Crippen LogP contribution < -0.4 is 4.74 Å². The number of carbonyl (C=O) groups excluding carboxylic acids is 1. The molecule has 7 nitrogen and oxygen atoms in total. The third-order valence-electron chi connectivity index (χ3n) is 6.51. The maximum absolute atomic E-state index is 12.7. The first-order chi connectivity index (χ1) is 14.1. The van der Waals surface area contributed by atoms with Gasteiger partial charge in [-0.2, -0.15) is 0 Å². The predicted molar refractivity (Wildman–Crippen MR) is 107 cm³/mol. The molecule has 2 saturated carbocycles. The quantitative estimate of drug-likeness (QED) is 0.810. The fourth-order valence-electron chi connectivity index (χ4n) is 4.71. The zero-order chi connectivity index (χ0) is 20.0. The Bertz CT molecular complexity index is 900. The highest BCUT2D eigenvalue weighted by Gasteiger charge is 2.44. The first-order valence-corrected chi connectivity index (χ1v) is 10.7. The van der Waals surface area contributed by atoms with Crippen LogP contribution >= 0.6 is 11.6 Å². The van der Waals surface area contributed by atoms with Gasteiger partial charge in [0.1, 0.15) is 5.75 Å². The predicted octanol–water partition coefficient (Wildman–Crippen LogP) is 2.66. The number of amides is 1. The molecule has 2 heterocycles. The van der Waals surface area contributed by atoms with Gasteiger partial charge in [0, 0.05) is 25.2 Å². The van der Waals surface area contributed by atoms with Crippen LogP contribution in [0.4, 0.5) is 0 Å². The summed E-state index contributed by atoms with van der Waals surface area (Å²) >= 11 is 6.09. The summed E-state index contributed by atoms with van der Waals surface area (Å²) < 4.78 is 7.46. The Morgan fingerprint density at radius 1 is 1.21 bits per heavy atom. The second-order valence-corrected chi connectivity index (χ2v) is 8.95. The minimum Gasteiger partial charge on any atom is -0.482 e. The summed E-state index contributed by atoms with van der Waals surface area (Å²) in [6.45, 7) is 1.34. The van der Waals surface area contributed by atoms with Gasteiger partial charge in [-0.05, 0) is 49.7 Å². The number of likely N-dealkylation sites (tertiary alicyclic amines) is 1. The summed E-state index contributed by atoms with van der Waals surface area (Å²) in [4.78, 5) is 14.5. The Morgan fingerprint density at radius 2 is 1.97 bits per heavy atom. The Morgan fingerprint density at radius 3 is 2.72 bits per heavy atom. The minimum atomic E-state index is -0.459. The summed E-state index contributed by atoms with van der Waals surface area (Å²) in [6, 6.07) is 7.09. The lowest BCUT2D eigenvalue weighted by Crippen LogP contribution is -2.36. The van der Waals surface area contributed by atoms with Gasteiger partial charge < -0.3 is 14.7 Å². The van der Waals surface area contributed by atoms with Gasteiger partial charge in [0.2, 0.25) is 0 Å². The molecule has 0 unspecified atom stereocenters. The van der Waals surface area contributed by atoms with E-state index in [-0.39, 0.29) is 18.6 Å². The Balaban J connectivity index is 1.20. The standard InChI is InChI=1S/C21H25ClN4O3/c22-16-3-1-2-4-20(16)29-12-21(28)25-9-14-7-18(19(27)8-15(14)10-25)26-11-17(23-24-26)13-5-6-13/h1-4,11,13-15,18-19,27H,5-10,12H2/t14-,15+,18-,19-/m1/s1. The van der Waals surface area contributed by atoms with E-state index in [1.807, 2.05) is 27.9 Å². The number of para-hydroxylation sites is 1. The number of nitrogens with zero attached hydrogens (tertiary/aromatic N) is 4. The highest BCUT2D eigenvalue weighted by Crippen LogP contribution is 2.43. The second-order valence-electron chi connectivity index (χ2n) is 8.54. The summed E-state index contributed by atoms with van der Waals surface area (Å²) in [6.07, 6.45) is 5.41. The van der Waals surface area contributed by atoms with E-state index in [9.17, 15) is 9.90 Å². The molecule has 0 radical (unpaired) electrons. The molecule has 8 heteroatoms. The smallest absolute Gasteiger partial charge is 0.260 e. The molecule has 2 aromatic rings. The molecule has 1 N–H and O–H groups in total. The third kappa shape index (κ3) is 3.85. The lowest BCUT2D eigenvalue weighted by atomic mass is 9.77. The first-order valence-electron chi connectivity index (χ1n) is 10.3. The summed E-state index contributed by atoms with van der Waals surface area (Å²) in [5.74, 6) is 1.71. The van der Waals surface area contributed by atoms with E-state index in [0.717, 1.165) is 12.1 Å². The van der Waals surface area contributed by atoms with Gasteiger partial charge in [-0.25, -0.2) is 4.68 Å². The van der Waals surface area contributed by atoms with Crippen molar-refractivity contribution in [3.63, 3.8) is 0 Å². The van der Waals surface area contributed by atoms with Crippen molar-refractivity contribution in [2.24, 2.45) is 11.8 Å². The fraction of sp³-hybridized carbons (Fsp3) is 0.571. The lowest BCUT2D eigenvalue weighted by Gasteiger charge is -2.34. The number of rotatable bonds is 5. The maximum atomic E-state index is 12.7. The third-order valence-corrected chi connectivity index (χ3v) is 6.83. The minimum absolute atomic E-state index is 0.0248. The molecule has 1 saturated heterocycles. The second kappa shape index (κ2) is 7.61. The number of ether oxygens (including phenoxy) is 1. The molecule has 3 aliphatic rings. The highest BCUT2D eigenvalue weighted by atomic mass is 35.5. The normalized spacial score (nSPS) is 29.0. The molecular weight excluding hydrogens is 392 g/mol. The van der Waals surface area contributed by atoms with Gasteiger partial charge in [-0.15, -0.1) is 5.10 Å². The van der Waals surface area contributed by atoms with Crippen molar-refractivity contribution in [3.05, 3.63) is 41.2 Å². The van der Waals surface area contributed by atoms with E-state index in [4.69, 9.17) is 16.3 Å². The molecule has 1 aromatic carbocycles. The number of benzene rings is 1. The van der Waals surface area contributed by atoms with Gasteiger partial charge >= 0.3 is 0 Å². The zero-order valence-electron chi connectivity index (χ0n) is 16.2. The zero-order valence-corrected chi connectivity index (χ0v) is 16.9. The number of hydrogen-bond acceptors (Lipinski definition) is 5. The number of halogens is 1.